The van der Waals surface area contributed by atoms with Crippen LogP contribution in [-0.4, -0.2) is 6.61 Å². The molecule has 0 spiro atoms. The van der Waals surface area contributed by atoms with Crippen LogP contribution in [0.3, 0.4) is 0 Å². The first kappa shape index (κ1) is 11.9. The molecule has 3 atom stereocenters. The molecule has 3 rings (SSSR count). The van der Waals surface area contributed by atoms with Gasteiger partial charge in [0.25, 0.3) is 0 Å². The normalized spacial score (nSPS) is 29.2. The second kappa shape index (κ2) is 4.82. The van der Waals surface area contributed by atoms with Crippen molar-refractivity contribution in [2.45, 2.75) is 25.7 Å². The number of halogens is 1. The monoisotopic (exact) mass is 261 g/mol. The fourth-order valence-corrected chi connectivity index (χ4v) is 3.67. The summed E-state index contributed by atoms with van der Waals surface area (Å²) in [7, 11) is 0. The molecule has 2 fully saturated rings. The van der Waals surface area contributed by atoms with Crippen molar-refractivity contribution < 1.29 is 4.74 Å². The lowest BCUT2D eigenvalue weighted by Crippen LogP contribution is -2.18. The summed E-state index contributed by atoms with van der Waals surface area (Å²) in [5.41, 5.74) is 0.504. The Hall–Kier alpha value is -1.20. The van der Waals surface area contributed by atoms with Crippen molar-refractivity contribution in [3.63, 3.8) is 0 Å². The van der Waals surface area contributed by atoms with E-state index >= 15 is 0 Å². The summed E-state index contributed by atoms with van der Waals surface area (Å²) in [6.45, 7) is 0.795. The highest BCUT2D eigenvalue weighted by atomic mass is 35.5. The number of benzene rings is 1. The molecule has 0 aromatic heterocycles. The van der Waals surface area contributed by atoms with Gasteiger partial charge in [0.05, 0.1) is 17.2 Å². The topological polar surface area (TPSA) is 33.0 Å². The molecule has 1 aromatic rings. The van der Waals surface area contributed by atoms with E-state index in [0.29, 0.717) is 10.6 Å². The summed E-state index contributed by atoms with van der Waals surface area (Å²) >= 11 is 5.99. The molecule has 0 saturated heterocycles. The maximum Gasteiger partial charge on any atom is 0.120 e. The largest absolute Gasteiger partial charge is 0.493 e. The average Bonchev–Trinajstić information content (AvgIpc) is 2.98. The Morgan fingerprint density at radius 1 is 1.33 bits per heavy atom. The number of nitrogens with zero attached hydrogens (tertiary/aromatic N) is 1. The first-order valence-electron chi connectivity index (χ1n) is 6.58. The van der Waals surface area contributed by atoms with Gasteiger partial charge in [-0.3, -0.25) is 0 Å². The molecule has 0 radical (unpaired) electrons. The molecule has 94 valence electrons. The Morgan fingerprint density at radius 2 is 2.22 bits per heavy atom. The second-order valence-electron chi connectivity index (χ2n) is 5.50. The number of ether oxygens (including phenoxy) is 1. The van der Waals surface area contributed by atoms with E-state index in [1.807, 2.05) is 6.07 Å². The third-order valence-electron chi connectivity index (χ3n) is 4.41. The quantitative estimate of drug-likeness (QED) is 0.823. The van der Waals surface area contributed by atoms with E-state index < -0.39 is 0 Å². The summed E-state index contributed by atoms with van der Waals surface area (Å²) in [4.78, 5) is 0. The highest BCUT2D eigenvalue weighted by Crippen LogP contribution is 2.48. The van der Waals surface area contributed by atoms with E-state index in [2.05, 4.69) is 6.07 Å². The SMILES string of the molecule is N#Cc1ccc(OCC2CC3CCC2C3)cc1Cl. The molecular formula is C15H16ClNO. The van der Waals surface area contributed by atoms with E-state index in [0.717, 1.165) is 30.1 Å². The molecule has 3 unspecified atom stereocenters. The smallest absolute Gasteiger partial charge is 0.120 e. The van der Waals surface area contributed by atoms with Gasteiger partial charge in [0.15, 0.2) is 0 Å². The average molecular weight is 262 g/mol. The molecule has 2 saturated carbocycles. The van der Waals surface area contributed by atoms with Crippen LogP contribution in [0.2, 0.25) is 5.02 Å². The van der Waals surface area contributed by atoms with Gasteiger partial charge >= 0.3 is 0 Å². The molecule has 3 heteroatoms. The van der Waals surface area contributed by atoms with Crippen molar-refractivity contribution in [1.29, 1.82) is 5.26 Å². The maximum absolute atomic E-state index is 8.81. The number of fused-ring (bicyclic) bond motifs is 2. The van der Waals surface area contributed by atoms with E-state index in [1.54, 1.807) is 12.1 Å². The van der Waals surface area contributed by atoms with Crippen molar-refractivity contribution in [3.8, 4) is 11.8 Å². The minimum absolute atomic E-state index is 0.475. The van der Waals surface area contributed by atoms with Crippen molar-refractivity contribution in [2.75, 3.05) is 6.61 Å². The predicted octanol–water partition coefficient (Wildman–Crippen LogP) is 4.03. The van der Waals surface area contributed by atoms with Crippen LogP contribution in [0.5, 0.6) is 5.75 Å². The van der Waals surface area contributed by atoms with Gasteiger partial charge in [0.1, 0.15) is 11.8 Å². The van der Waals surface area contributed by atoms with Crippen LogP contribution >= 0.6 is 11.6 Å². The van der Waals surface area contributed by atoms with E-state index in [9.17, 15) is 0 Å². The molecule has 0 heterocycles. The highest BCUT2D eigenvalue weighted by molar-refractivity contribution is 6.31. The van der Waals surface area contributed by atoms with Gasteiger partial charge in [0, 0.05) is 6.07 Å². The maximum atomic E-state index is 8.81. The molecule has 0 amide bonds. The Morgan fingerprint density at radius 3 is 2.83 bits per heavy atom. The van der Waals surface area contributed by atoms with Gasteiger partial charge in [-0.25, -0.2) is 0 Å². The van der Waals surface area contributed by atoms with Crippen LogP contribution in [0.4, 0.5) is 0 Å². The molecule has 2 bridgehead atoms. The highest BCUT2D eigenvalue weighted by Gasteiger charge is 2.39. The zero-order valence-corrected chi connectivity index (χ0v) is 11.0. The van der Waals surface area contributed by atoms with Gasteiger partial charge < -0.3 is 4.74 Å². The Labute approximate surface area is 113 Å². The lowest BCUT2D eigenvalue weighted by Gasteiger charge is -2.21. The number of rotatable bonds is 3. The third-order valence-corrected chi connectivity index (χ3v) is 4.72. The summed E-state index contributed by atoms with van der Waals surface area (Å²) < 4.78 is 5.83. The minimum atomic E-state index is 0.475. The minimum Gasteiger partial charge on any atom is -0.493 e. The summed E-state index contributed by atoms with van der Waals surface area (Å²) in [6.07, 6.45) is 5.54. The predicted molar refractivity (Wildman–Crippen MR) is 70.6 cm³/mol. The lowest BCUT2D eigenvalue weighted by molar-refractivity contribution is 0.195. The first-order valence-corrected chi connectivity index (χ1v) is 6.96. The van der Waals surface area contributed by atoms with Gasteiger partial charge in [-0.2, -0.15) is 5.26 Å². The number of hydrogen-bond donors (Lipinski definition) is 0. The fourth-order valence-electron chi connectivity index (χ4n) is 3.46. The van der Waals surface area contributed by atoms with E-state index in [-0.39, 0.29) is 0 Å². The van der Waals surface area contributed by atoms with E-state index in [4.69, 9.17) is 21.6 Å². The van der Waals surface area contributed by atoms with E-state index in [1.165, 1.54) is 25.7 Å². The Balaban J connectivity index is 1.60. The number of hydrogen-bond acceptors (Lipinski definition) is 2. The second-order valence-corrected chi connectivity index (χ2v) is 5.91. The molecule has 0 aliphatic heterocycles. The molecule has 0 N–H and O–H groups in total. The van der Waals surface area contributed by atoms with Crippen molar-refractivity contribution in [2.24, 2.45) is 17.8 Å². The summed E-state index contributed by atoms with van der Waals surface area (Å²) in [6, 6.07) is 7.35. The van der Waals surface area contributed by atoms with Crippen LogP contribution in [0.15, 0.2) is 18.2 Å². The van der Waals surface area contributed by atoms with Gasteiger partial charge in [0.2, 0.25) is 0 Å². The first-order chi connectivity index (χ1) is 8.76. The molecule has 2 aliphatic carbocycles. The fraction of sp³-hybridized carbons (Fsp3) is 0.533. The molecule has 2 aliphatic rings. The van der Waals surface area contributed by atoms with Crippen LogP contribution < -0.4 is 4.74 Å². The van der Waals surface area contributed by atoms with Crippen molar-refractivity contribution in [1.82, 2.24) is 0 Å². The van der Waals surface area contributed by atoms with Crippen LogP contribution in [0.25, 0.3) is 0 Å². The van der Waals surface area contributed by atoms with Gasteiger partial charge in [-0.05, 0) is 49.1 Å². The summed E-state index contributed by atoms with van der Waals surface area (Å²) in [5.74, 6) is 3.33. The zero-order valence-electron chi connectivity index (χ0n) is 10.2. The Bertz CT molecular complexity index is 494. The standard InChI is InChI=1S/C15H16ClNO/c16-15-7-14(4-3-12(15)8-17)18-9-13-6-10-1-2-11(13)5-10/h3-4,7,10-11,13H,1-2,5-6,9H2. The van der Waals surface area contributed by atoms with Crippen LogP contribution in [0.1, 0.15) is 31.2 Å². The molecule has 1 aromatic carbocycles. The molecule has 2 nitrogen and oxygen atoms in total. The number of nitriles is 1. The third kappa shape index (κ3) is 2.20. The lowest BCUT2D eigenvalue weighted by atomic mass is 9.89. The van der Waals surface area contributed by atoms with Crippen LogP contribution in [-0.2, 0) is 0 Å². The zero-order chi connectivity index (χ0) is 12.5. The van der Waals surface area contributed by atoms with Crippen molar-refractivity contribution >= 4 is 11.6 Å². The van der Waals surface area contributed by atoms with Gasteiger partial charge in [-0.1, -0.05) is 18.0 Å². The Kier molecular flexibility index (Phi) is 3.18. The van der Waals surface area contributed by atoms with Gasteiger partial charge in [-0.15, -0.1) is 0 Å². The molecular weight excluding hydrogens is 246 g/mol. The van der Waals surface area contributed by atoms with Crippen molar-refractivity contribution in [3.05, 3.63) is 28.8 Å². The molecule has 18 heavy (non-hydrogen) atoms. The summed E-state index contributed by atoms with van der Waals surface area (Å²) in [5, 5.41) is 9.28. The van der Waals surface area contributed by atoms with Crippen LogP contribution in [0, 0.1) is 29.1 Å².